The molecule has 34 heavy (non-hydrogen) atoms. The number of hydrogen-bond donors (Lipinski definition) is 6. The van der Waals surface area contributed by atoms with Gasteiger partial charge in [-0.25, -0.2) is 0 Å². The van der Waals surface area contributed by atoms with Crippen molar-refractivity contribution in [3.8, 4) is 0 Å². The maximum absolute atomic E-state index is 10.3. The summed E-state index contributed by atoms with van der Waals surface area (Å²) in [6.07, 6.45) is -2.12. The van der Waals surface area contributed by atoms with Crippen molar-refractivity contribution in [1.82, 2.24) is 5.32 Å². The number of carboxylic acid groups (broad SMARTS) is 1. The van der Waals surface area contributed by atoms with Crippen molar-refractivity contribution in [3.63, 3.8) is 0 Å². The Labute approximate surface area is 199 Å². The second-order valence-corrected chi connectivity index (χ2v) is 8.83. The van der Waals surface area contributed by atoms with Crippen LogP contribution in [0.25, 0.3) is 0 Å². The molecule has 0 amide bonds. The van der Waals surface area contributed by atoms with Crippen molar-refractivity contribution in [1.29, 1.82) is 0 Å². The number of carboxylic acids is 1. The van der Waals surface area contributed by atoms with Gasteiger partial charge in [0.2, 0.25) is 0 Å². The standard InChI is InChI=1S/C21H26O5.C5H9NO2/c1-2-13-6-8-14(9-7-13)10-15-4-3-5-16(11-15)21-20(25)19(24)18(23)17(12-22)26-21;7-5(8)4-2-1-3-6-4/h3-9,11,17-25H,2,10,12H2,1H3;4,6H,1-3H2,(H,7,8)/t17-,18-,19+,20-,21+;4-/m10/s1. The Kier molecular flexibility index (Phi) is 9.58. The van der Waals surface area contributed by atoms with Crippen LogP contribution in [-0.4, -0.2) is 75.1 Å². The van der Waals surface area contributed by atoms with Crippen molar-refractivity contribution in [2.24, 2.45) is 0 Å². The average molecular weight is 474 g/mol. The zero-order chi connectivity index (χ0) is 24.7. The van der Waals surface area contributed by atoms with Crippen LogP contribution < -0.4 is 5.32 Å². The van der Waals surface area contributed by atoms with Gasteiger partial charge >= 0.3 is 5.97 Å². The molecule has 0 spiro atoms. The van der Waals surface area contributed by atoms with Gasteiger partial charge in [-0.15, -0.1) is 0 Å². The number of aliphatic carboxylic acids is 1. The van der Waals surface area contributed by atoms with E-state index in [4.69, 9.17) is 9.84 Å². The molecule has 2 aliphatic heterocycles. The number of hydrogen-bond acceptors (Lipinski definition) is 7. The second-order valence-electron chi connectivity index (χ2n) is 8.83. The highest BCUT2D eigenvalue weighted by molar-refractivity contribution is 5.73. The first-order valence-electron chi connectivity index (χ1n) is 11.8. The predicted molar refractivity (Wildman–Crippen MR) is 126 cm³/mol. The molecule has 2 aromatic carbocycles. The Morgan fingerprint density at radius 2 is 1.71 bits per heavy atom. The maximum atomic E-state index is 10.3. The molecule has 0 bridgehead atoms. The van der Waals surface area contributed by atoms with Crippen molar-refractivity contribution < 1.29 is 35.1 Å². The second kappa shape index (κ2) is 12.4. The maximum Gasteiger partial charge on any atom is 0.320 e. The quantitative estimate of drug-likeness (QED) is 0.368. The van der Waals surface area contributed by atoms with Crippen molar-refractivity contribution >= 4 is 5.97 Å². The van der Waals surface area contributed by atoms with E-state index in [-0.39, 0.29) is 6.04 Å². The largest absolute Gasteiger partial charge is 0.480 e. The molecule has 6 N–H and O–H groups in total. The number of aryl methyl sites for hydroxylation is 1. The van der Waals surface area contributed by atoms with Gasteiger partial charge in [0.15, 0.2) is 0 Å². The molecule has 0 saturated carbocycles. The fourth-order valence-corrected chi connectivity index (χ4v) is 4.28. The molecule has 0 aromatic heterocycles. The molecule has 186 valence electrons. The van der Waals surface area contributed by atoms with E-state index in [1.54, 1.807) is 0 Å². The molecule has 2 heterocycles. The molecular weight excluding hydrogens is 438 g/mol. The number of nitrogens with one attached hydrogen (secondary N) is 1. The molecule has 2 aromatic rings. The van der Waals surface area contributed by atoms with Gasteiger partial charge in [-0.1, -0.05) is 55.5 Å². The van der Waals surface area contributed by atoms with Crippen LogP contribution in [0.3, 0.4) is 0 Å². The lowest BCUT2D eigenvalue weighted by Gasteiger charge is -2.40. The van der Waals surface area contributed by atoms with Crippen molar-refractivity contribution in [2.45, 2.75) is 69.2 Å². The van der Waals surface area contributed by atoms with E-state index in [1.807, 2.05) is 24.3 Å². The molecular formula is C26H35NO7. The Morgan fingerprint density at radius 3 is 2.26 bits per heavy atom. The lowest BCUT2D eigenvalue weighted by atomic mass is 9.90. The van der Waals surface area contributed by atoms with Crippen molar-refractivity contribution in [3.05, 3.63) is 70.8 Å². The number of rotatable bonds is 6. The zero-order valence-corrected chi connectivity index (χ0v) is 19.4. The summed E-state index contributed by atoms with van der Waals surface area (Å²) >= 11 is 0. The number of carbonyl (C=O) groups is 1. The van der Waals surface area contributed by atoms with Gasteiger partial charge < -0.3 is 35.6 Å². The van der Waals surface area contributed by atoms with Gasteiger partial charge in [0.25, 0.3) is 0 Å². The van der Waals surface area contributed by atoms with E-state index in [0.717, 1.165) is 37.8 Å². The van der Waals surface area contributed by atoms with Crippen LogP contribution in [-0.2, 0) is 22.4 Å². The van der Waals surface area contributed by atoms with Crippen LogP contribution in [0.1, 0.15) is 48.1 Å². The summed E-state index contributed by atoms with van der Waals surface area (Å²) < 4.78 is 5.64. The summed E-state index contributed by atoms with van der Waals surface area (Å²) in [7, 11) is 0. The molecule has 8 nitrogen and oxygen atoms in total. The van der Waals surface area contributed by atoms with Gasteiger partial charge in [0.05, 0.1) is 6.61 Å². The van der Waals surface area contributed by atoms with Gasteiger partial charge in [-0.2, -0.15) is 0 Å². The Balaban J connectivity index is 0.000000343. The highest BCUT2D eigenvalue weighted by Crippen LogP contribution is 2.32. The van der Waals surface area contributed by atoms with E-state index in [9.17, 15) is 25.2 Å². The highest BCUT2D eigenvalue weighted by Gasteiger charge is 2.43. The third kappa shape index (κ3) is 6.63. The van der Waals surface area contributed by atoms with E-state index in [2.05, 4.69) is 36.5 Å². The van der Waals surface area contributed by atoms with Crippen LogP contribution in [0.5, 0.6) is 0 Å². The SMILES string of the molecule is CCc1ccc(Cc2cccc([C@@H]3O[C@H](CO)[C@@H](O)[C@H](O)[C@H]3O)c2)cc1.O=C(O)[C@@H]1CCCN1. The van der Waals surface area contributed by atoms with E-state index >= 15 is 0 Å². The highest BCUT2D eigenvalue weighted by atomic mass is 16.5. The lowest BCUT2D eigenvalue weighted by molar-refractivity contribution is -0.231. The molecule has 2 fully saturated rings. The predicted octanol–water partition coefficient (Wildman–Crippen LogP) is 1.18. The smallest absolute Gasteiger partial charge is 0.320 e. The Morgan fingerprint density at radius 1 is 1.00 bits per heavy atom. The third-order valence-electron chi connectivity index (χ3n) is 6.37. The monoisotopic (exact) mass is 473 g/mol. The van der Waals surface area contributed by atoms with Gasteiger partial charge in [0, 0.05) is 0 Å². The third-order valence-corrected chi connectivity index (χ3v) is 6.37. The summed E-state index contributed by atoms with van der Waals surface area (Å²) in [4.78, 5) is 10.1. The minimum atomic E-state index is -1.36. The molecule has 0 radical (unpaired) electrons. The van der Waals surface area contributed by atoms with Gasteiger partial charge in [0.1, 0.15) is 36.6 Å². The Hall–Kier alpha value is -2.33. The fourth-order valence-electron chi connectivity index (χ4n) is 4.28. The van der Waals surface area contributed by atoms with E-state index in [1.165, 1.54) is 11.1 Å². The Bertz CT molecular complexity index is 912. The molecule has 6 atom stereocenters. The van der Waals surface area contributed by atoms with Gasteiger partial charge in [-0.3, -0.25) is 4.79 Å². The first kappa shape index (κ1) is 26.3. The number of aliphatic hydroxyl groups excluding tert-OH is 4. The average Bonchev–Trinajstić information content (AvgIpc) is 3.40. The molecule has 4 rings (SSSR count). The van der Waals surface area contributed by atoms with Crippen LogP contribution in [0.15, 0.2) is 48.5 Å². The summed E-state index contributed by atoms with van der Waals surface area (Å²) in [5.74, 6) is -0.720. The summed E-state index contributed by atoms with van der Waals surface area (Å²) in [5, 5.41) is 50.8. The van der Waals surface area contributed by atoms with Crippen LogP contribution in [0.4, 0.5) is 0 Å². The summed E-state index contributed by atoms with van der Waals surface area (Å²) in [6.45, 7) is 2.56. The van der Waals surface area contributed by atoms with Gasteiger partial charge in [-0.05, 0) is 54.5 Å². The first-order chi connectivity index (χ1) is 16.3. The molecule has 0 aliphatic carbocycles. The summed E-state index contributed by atoms with van der Waals surface area (Å²) in [5.41, 5.74) is 4.25. The lowest BCUT2D eigenvalue weighted by Crippen LogP contribution is -2.55. The summed E-state index contributed by atoms with van der Waals surface area (Å²) in [6, 6.07) is 15.8. The normalized spacial score (nSPS) is 28.7. The minimum Gasteiger partial charge on any atom is -0.480 e. The van der Waals surface area contributed by atoms with E-state index < -0.39 is 43.1 Å². The molecule has 0 unspecified atom stereocenters. The molecule has 2 saturated heterocycles. The van der Waals surface area contributed by atoms with Crippen LogP contribution in [0, 0.1) is 0 Å². The van der Waals surface area contributed by atoms with Crippen LogP contribution >= 0.6 is 0 Å². The number of benzene rings is 2. The fraction of sp³-hybridized carbons (Fsp3) is 0.500. The van der Waals surface area contributed by atoms with Crippen molar-refractivity contribution in [2.75, 3.05) is 13.2 Å². The van der Waals surface area contributed by atoms with Crippen LogP contribution in [0.2, 0.25) is 0 Å². The number of aliphatic hydroxyl groups is 4. The molecule has 8 heteroatoms. The zero-order valence-electron chi connectivity index (χ0n) is 19.4. The molecule has 2 aliphatic rings. The first-order valence-corrected chi connectivity index (χ1v) is 11.8. The van der Waals surface area contributed by atoms with E-state index in [0.29, 0.717) is 5.56 Å². The minimum absolute atomic E-state index is 0.269. The number of ether oxygens (including phenoxy) is 1. The topological polar surface area (TPSA) is 139 Å².